The summed E-state index contributed by atoms with van der Waals surface area (Å²) in [6, 6.07) is 0.792. The van der Waals surface area contributed by atoms with E-state index in [4.69, 9.17) is 0 Å². The lowest BCUT2D eigenvalue weighted by atomic mass is 9.87. The minimum Gasteiger partial charge on any atom is -0.313 e. The Balaban J connectivity index is 2.32. The van der Waals surface area contributed by atoms with Crippen molar-refractivity contribution in [3.8, 4) is 0 Å². The van der Waals surface area contributed by atoms with Gasteiger partial charge in [0, 0.05) is 17.3 Å². The molecule has 1 fully saturated rings. The second-order valence-corrected chi connectivity index (χ2v) is 6.71. The van der Waals surface area contributed by atoms with Crippen LogP contribution in [0.25, 0.3) is 0 Å². The fourth-order valence-electron chi connectivity index (χ4n) is 2.66. The van der Waals surface area contributed by atoms with E-state index in [1.54, 1.807) is 0 Å². The van der Waals surface area contributed by atoms with Crippen molar-refractivity contribution in [2.45, 2.75) is 70.1 Å². The second kappa shape index (κ2) is 6.90. The molecule has 0 aromatic carbocycles. The molecule has 0 atom stereocenters. The zero-order valence-electron chi connectivity index (χ0n) is 11.5. The van der Waals surface area contributed by atoms with Crippen LogP contribution in [0.15, 0.2) is 0 Å². The Kier molecular flexibility index (Phi) is 6.20. The highest BCUT2D eigenvalue weighted by molar-refractivity contribution is 8.00. The Morgan fingerprint density at radius 3 is 2.12 bits per heavy atom. The highest BCUT2D eigenvalue weighted by Crippen LogP contribution is 2.30. The minimum atomic E-state index is 0.475. The second-order valence-electron chi connectivity index (χ2n) is 5.43. The van der Waals surface area contributed by atoms with Crippen LogP contribution in [0.4, 0.5) is 0 Å². The van der Waals surface area contributed by atoms with E-state index in [2.05, 4.69) is 32.3 Å². The fraction of sp³-hybridized carbons (Fsp3) is 1.00. The van der Waals surface area contributed by atoms with Gasteiger partial charge >= 0.3 is 0 Å². The van der Waals surface area contributed by atoms with Gasteiger partial charge in [0.2, 0.25) is 0 Å². The minimum absolute atomic E-state index is 0.475. The Hall–Kier alpha value is 0.310. The Labute approximate surface area is 106 Å². The molecule has 0 aromatic rings. The Morgan fingerprint density at radius 1 is 1.12 bits per heavy atom. The van der Waals surface area contributed by atoms with Gasteiger partial charge < -0.3 is 5.32 Å². The number of hydrogen-bond acceptors (Lipinski definition) is 2. The van der Waals surface area contributed by atoms with E-state index in [0.717, 1.165) is 12.0 Å². The first-order valence-corrected chi connectivity index (χ1v) is 8.16. The van der Waals surface area contributed by atoms with Gasteiger partial charge in [0.05, 0.1) is 0 Å². The van der Waals surface area contributed by atoms with E-state index in [-0.39, 0.29) is 0 Å². The summed E-state index contributed by atoms with van der Waals surface area (Å²) in [5.41, 5.74) is 0. The maximum absolute atomic E-state index is 3.82. The van der Waals surface area contributed by atoms with Crippen LogP contribution in [0.5, 0.6) is 0 Å². The molecule has 0 radical (unpaired) electrons. The third kappa shape index (κ3) is 3.96. The molecule has 1 saturated carbocycles. The SMILES string of the molecule is CCC(CC)(CNC1CCC(C)CC1)SC. The van der Waals surface area contributed by atoms with Crippen molar-refractivity contribution in [2.75, 3.05) is 12.8 Å². The molecule has 1 rings (SSSR count). The summed E-state index contributed by atoms with van der Waals surface area (Å²) >= 11 is 2.04. The number of nitrogens with one attached hydrogen (secondary N) is 1. The van der Waals surface area contributed by atoms with E-state index in [0.29, 0.717) is 4.75 Å². The molecular weight excluding hydrogens is 214 g/mol. The summed E-state index contributed by atoms with van der Waals surface area (Å²) in [6.07, 6.45) is 10.4. The normalized spacial score (nSPS) is 27.0. The van der Waals surface area contributed by atoms with Crippen molar-refractivity contribution in [3.05, 3.63) is 0 Å². The van der Waals surface area contributed by atoms with Crippen LogP contribution in [-0.2, 0) is 0 Å². The average molecular weight is 243 g/mol. The molecule has 0 aromatic heterocycles. The van der Waals surface area contributed by atoms with Crippen LogP contribution >= 0.6 is 11.8 Å². The number of hydrogen-bond donors (Lipinski definition) is 1. The Morgan fingerprint density at radius 2 is 1.69 bits per heavy atom. The van der Waals surface area contributed by atoms with Crippen molar-refractivity contribution < 1.29 is 0 Å². The van der Waals surface area contributed by atoms with Gasteiger partial charge in [0.1, 0.15) is 0 Å². The average Bonchev–Trinajstić information content (AvgIpc) is 2.34. The van der Waals surface area contributed by atoms with Gasteiger partial charge in [-0.05, 0) is 50.7 Å². The van der Waals surface area contributed by atoms with Gasteiger partial charge in [-0.2, -0.15) is 11.8 Å². The van der Waals surface area contributed by atoms with Crippen LogP contribution in [0.1, 0.15) is 59.3 Å². The first kappa shape index (κ1) is 14.4. The summed E-state index contributed by atoms with van der Waals surface area (Å²) in [5.74, 6) is 0.959. The predicted molar refractivity (Wildman–Crippen MR) is 76.3 cm³/mol. The number of rotatable bonds is 6. The van der Waals surface area contributed by atoms with E-state index >= 15 is 0 Å². The maximum atomic E-state index is 3.82. The Bertz CT molecular complexity index is 173. The summed E-state index contributed by atoms with van der Waals surface area (Å²) in [6.45, 7) is 8.23. The van der Waals surface area contributed by atoms with Crippen LogP contribution in [0.2, 0.25) is 0 Å². The summed E-state index contributed by atoms with van der Waals surface area (Å²) in [5, 5.41) is 3.82. The largest absolute Gasteiger partial charge is 0.313 e. The van der Waals surface area contributed by atoms with Crippen LogP contribution in [0, 0.1) is 5.92 Å². The van der Waals surface area contributed by atoms with Crippen molar-refractivity contribution in [2.24, 2.45) is 5.92 Å². The van der Waals surface area contributed by atoms with Crippen molar-refractivity contribution in [1.29, 1.82) is 0 Å². The fourth-order valence-corrected chi connectivity index (χ4v) is 3.46. The molecule has 16 heavy (non-hydrogen) atoms. The van der Waals surface area contributed by atoms with Crippen LogP contribution in [-0.4, -0.2) is 23.6 Å². The first-order chi connectivity index (χ1) is 7.65. The molecule has 1 aliphatic rings. The summed E-state index contributed by atoms with van der Waals surface area (Å²) in [4.78, 5) is 0. The zero-order chi connectivity index (χ0) is 12.0. The molecule has 0 unspecified atom stereocenters. The highest BCUT2D eigenvalue weighted by atomic mass is 32.2. The van der Waals surface area contributed by atoms with E-state index in [1.807, 2.05) is 11.8 Å². The molecule has 0 spiro atoms. The molecule has 0 aliphatic heterocycles. The van der Waals surface area contributed by atoms with E-state index in [1.165, 1.54) is 45.1 Å². The van der Waals surface area contributed by atoms with Crippen LogP contribution < -0.4 is 5.32 Å². The lowest BCUT2D eigenvalue weighted by Crippen LogP contribution is -2.43. The molecule has 0 saturated heterocycles. The lowest BCUT2D eigenvalue weighted by molar-refractivity contribution is 0.297. The lowest BCUT2D eigenvalue weighted by Gasteiger charge is -2.34. The molecule has 0 amide bonds. The molecule has 0 heterocycles. The first-order valence-electron chi connectivity index (χ1n) is 6.94. The molecule has 1 aliphatic carbocycles. The quantitative estimate of drug-likeness (QED) is 0.754. The van der Waals surface area contributed by atoms with Gasteiger partial charge in [0.25, 0.3) is 0 Å². The molecular formula is C14H29NS. The third-order valence-electron chi connectivity index (χ3n) is 4.45. The van der Waals surface area contributed by atoms with Gasteiger partial charge in [-0.3, -0.25) is 0 Å². The molecule has 2 heteroatoms. The smallest absolute Gasteiger partial charge is 0.0276 e. The van der Waals surface area contributed by atoms with Crippen LogP contribution in [0.3, 0.4) is 0 Å². The topological polar surface area (TPSA) is 12.0 Å². The summed E-state index contributed by atoms with van der Waals surface area (Å²) in [7, 11) is 0. The number of thioether (sulfide) groups is 1. The summed E-state index contributed by atoms with van der Waals surface area (Å²) < 4.78 is 0.475. The molecule has 1 nitrogen and oxygen atoms in total. The van der Waals surface area contributed by atoms with Gasteiger partial charge in [-0.1, -0.05) is 20.8 Å². The van der Waals surface area contributed by atoms with E-state index < -0.39 is 0 Å². The standard InChI is InChI=1S/C14H29NS/c1-5-14(6-2,16-4)11-15-13-9-7-12(3)8-10-13/h12-13,15H,5-11H2,1-4H3. The highest BCUT2D eigenvalue weighted by Gasteiger charge is 2.26. The van der Waals surface area contributed by atoms with Crippen molar-refractivity contribution in [3.63, 3.8) is 0 Å². The van der Waals surface area contributed by atoms with Gasteiger partial charge in [0.15, 0.2) is 0 Å². The third-order valence-corrected chi connectivity index (χ3v) is 6.04. The monoisotopic (exact) mass is 243 g/mol. The van der Waals surface area contributed by atoms with Gasteiger partial charge in [-0.25, -0.2) is 0 Å². The van der Waals surface area contributed by atoms with E-state index in [9.17, 15) is 0 Å². The predicted octanol–water partition coefficient (Wildman–Crippen LogP) is 4.08. The van der Waals surface area contributed by atoms with Crippen molar-refractivity contribution in [1.82, 2.24) is 5.32 Å². The molecule has 1 N–H and O–H groups in total. The van der Waals surface area contributed by atoms with Gasteiger partial charge in [-0.15, -0.1) is 0 Å². The molecule has 96 valence electrons. The zero-order valence-corrected chi connectivity index (χ0v) is 12.3. The van der Waals surface area contributed by atoms with Crippen molar-refractivity contribution >= 4 is 11.8 Å². The maximum Gasteiger partial charge on any atom is 0.0276 e. The molecule has 0 bridgehead atoms.